The molecular weight excluding hydrogens is 268 g/mol. The van der Waals surface area contributed by atoms with Gasteiger partial charge in [0, 0.05) is 31.5 Å². The van der Waals surface area contributed by atoms with Gasteiger partial charge in [0.25, 0.3) is 0 Å². The molecule has 120 valence electrons. The van der Waals surface area contributed by atoms with Gasteiger partial charge in [0.2, 0.25) is 0 Å². The lowest BCUT2D eigenvalue weighted by molar-refractivity contribution is -0.186. The molecule has 1 N–H and O–H groups in total. The molecule has 3 fully saturated rings. The molecule has 2 aliphatic carbocycles. The van der Waals surface area contributed by atoms with Crippen LogP contribution in [0.1, 0.15) is 58.8 Å². The molecule has 0 aromatic heterocycles. The number of nitrogens with one attached hydrogen (secondary N) is 1. The van der Waals surface area contributed by atoms with Crippen LogP contribution in [0.15, 0.2) is 0 Å². The van der Waals surface area contributed by atoms with Gasteiger partial charge >= 0.3 is 6.03 Å². The number of carbonyl (C=O) groups is 1. The summed E-state index contributed by atoms with van der Waals surface area (Å²) in [5.41, 5.74) is 0. The van der Waals surface area contributed by atoms with Crippen molar-refractivity contribution in [2.75, 3.05) is 13.2 Å². The molecule has 1 atom stereocenters. The van der Waals surface area contributed by atoms with E-state index >= 15 is 0 Å². The van der Waals surface area contributed by atoms with Crippen molar-refractivity contribution in [3.8, 4) is 0 Å². The summed E-state index contributed by atoms with van der Waals surface area (Å²) in [7, 11) is 0. The Bertz CT molecular complexity index is 374. The zero-order valence-electron chi connectivity index (χ0n) is 13.3. The number of rotatable bonds is 4. The highest BCUT2D eigenvalue weighted by Crippen LogP contribution is 2.37. The van der Waals surface area contributed by atoms with E-state index in [0.29, 0.717) is 19.2 Å². The van der Waals surface area contributed by atoms with Crippen LogP contribution in [-0.4, -0.2) is 48.1 Å². The molecule has 5 heteroatoms. The van der Waals surface area contributed by atoms with Gasteiger partial charge in [0.15, 0.2) is 5.79 Å². The second-order valence-corrected chi connectivity index (χ2v) is 6.94. The first-order valence-electron chi connectivity index (χ1n) is 8.48. The molecular formula is C16H28N2O3. The fourth-order valence-corrected chi connectivity index (χ4v) is 3.54. The second kappa shape index (κ2) is 6.13. The third-order valence-electron chi connectivity index (χ3n) is 4.74. The average molecular weight is 296 g/mol. The Morgan fingerprint density at radius 3 is 2.62 bits per heavy atom. The Labute approximate surface area is 127 Å². The molecule has 3 rings (SSSR count). The Balaban J connectivity index is 1.46. The average Bonchev–Trinajstić information content (AvgIpc) is 3.20. The van der Waals surface area contributed by atoms with Gasteiger partial charge in [-0.05, 0) is 39.5 Å². The van der Waals surface area contributed by atoms with E-state index in [0.717, 1.165) is 25.7 Å². The first-order chi connectivity index (χ1) is 10.1. The molecule has 21 heavy (non-hydrogen) atoms. The van der Waals surface area contributed by atoms with Crippen LogP contribution in [0, 0.1) is 0 Å². The molecule has 1 aliphatic heterocycles. The normalized spacial score (nSPS) is 28.0. The van der Waals surface area contributed by atoms with Gasteiger partial charge in [-0.2, -0.15) is 0 Å². The maximum atomic E-state index is 12.3. The van der Waals surface area contributed by atoms with Crippen molar-refractivity contribution >= 4 is 6.03 Å². The zero-order chi connectivity index (χ0) is 14.9. The fraction of sp³-hybridized carbons (Fsp3) is 0.938. The van der Waals surface area contributed by atoms with Gasteiger partial charge < -0.3 is 19.7 Å². The number of carbonyl (C=O) groups excluding carboxylic acids is 1. The van der Waals surface area contributed by atoms with E-state index < -0.39 is 0 Å². The molecule has 0 aromatic carbocycles. The first kappa shape index (κ1) is 15.1. The van der Waals surface area contributed by atoms with Gasteiger partial charge in [-0.3, -0.25) is 0 Å². The van der Waals surface area contributed by atoms with E-state index in [4.69, 9.17) is 9.47 Å². The summed E-state index contributed by atoms with van der Waals surface area (Å²) < 4.78 is 12.0. The van der Waals surface area contributed by atoms with Crippen LogP contribution in [0.4, 0.5) is 4.79 Å². The predicted octanol–water partition coefficient (Wildman–Crippen LogP) is 2.64. The van der Waals surface area contributed by atoms with Gasteiger partial charge in [0.1, 0.15) is 6.10 Å². The summed E-state index contributed by atoms with van der Waals surface area (Å²) in [4.78, 5) is 14.3. The monoisotopic (exact) mass is 296 g/mol. The molecule has 1 spiro atoms. The highest BCUT2D eigenvalue weighted by atomic mass is 16.7. The third-order valence-corrected chi connectivity index (χ3v) is 4.74. The van der Waals surface area contributed by atoms with Crippen LogP contribution in [0.3, 0.4) is 0 Å². The van der Waals surface area contributed by atoms with E-state index in [1.807, 2.05) is 4.90 Å². The molecule has 1 saturated heterocycles. The maximum Gasteiger partial charge on any atom is 0.317 e. The van der Waals surface area contributed by atoms with Crippen molar-refractivity contribution < 1.29 is 14.3 Å². The molecule has 0 bridgehead atoms. The topological polar surface area (TPSA) is 50.8 Å². The van der Waals surface area contributed by atoms with E-state index in [9.17, 15) is 4.79 Å². The van der Waals surface area contributed by atoms with E-state index in [2.05, 4.69) is 19.2 Å². The lowest BCUT2D eigenvalue weighted by Crippen LogP contribution is -2.47. The van der Waals surface area contributed by atoms with Crippen molar-refractivity contribution in [2.45, 2.75) is 82.8 Å². The number of urea groups is 1. The summed E-state index contributed by atoms with van der Waals surface area (Å²) in [5, 5.41) is 3.03. The van der Waals surface area contributed by atoms with Crippen LogP contribution < -0.4 is 5.32 Å². The molecule has 0 aromatic rings. The van der Waals surface area contributed by atoms with E-state index in [1.54, 1.807) is 0 Å². The second-order valence-electron chi connectivity index (χ2n) is 6.94. The summed E-state index contributed by atoms with van der Waals surface area (Å²) in [6.45, 7) is 5.30. The predicted molar refractivity (Wildman–Crippen MR) is 80.0 cm³/mol. The van der Waals surface area contributed by atoms with Gasteiger partial charge in [-0.15, -0.1) is 0 Å². The van der Waals surface area contributed by atoms with Crippen molar-refractivity contribution in [1.29, 1.82) is 0 Å². The van der Waals surface area contributed by atoms with Gasteiger partial charge in [0.05, 0.1) is 6.61 Å². The van der Waals surface area contributed by atoms with Crippen molar-refractivity contribution in [1.82, 2.24) is 10.2 Å². The Hall–Kier alpha value is -0.810. The van der Waals surface area contributed by atoms with Crippen molar-refractivity contribution in [3.63, 3.8) is 0 Å². The molecule has 2 saturated carbocycles. The minimum Gasteiger partial charge on any atom is -0.347 e. The highest BCUT2D eigenvalue weighted by Gasteiger charge is 2.42. The lowest BCUT2D eigenvalue weighted by Gasteiger charge is -2.32. The third kappa shape index (κ3) is 3.51. The molecule has 0 radical (unpaired) electrons. The first-order valence-corrected chi connectivity index (χ1v) is 8.48. The largest absolute Gasteiger partial charge is 0.347 e. The van der Waals surface area contributed by atoms with Crippen molar-refractivity contribution in [3.05, 3.63) is 0 Å². The Morgan fingerprint density at radius 1 is 1.29 bits per heavy atom. The number of ether oxygens (including phenoxy) is 2. The Kier molecular flexibility index (Phi) is 4.41. The minimum absolute atomic E-state index is 0.000246. The Morgan fingerprint density at radius 2 is 2.00 bits per heavy atom. The quantitative estimate of drug-likeness (QED) is 0.867. The van der Waals surface area contributed by atoms with Crippen LogP contribution >= 0.6 is 0 Å². The molecule has 5 nitrogen and oxygen atoms in total. The van der Waals surface area contributed by atoms with E-state index in [-0.39, 0.29) is 24.0 Å². The fourth-order valence-electron chi connectivity index (χ4n) is 3.54. The maximum absolute atomic E-state index is 12.3. The summed E-state index contributed by atoms with van der Waals surface area (Å²) in [5.74, 6) is -0.345. The standard InChI is InChI=1S/C16H28N2O3/c1-12(2)18(13-6-7-13)15(19)17-10-14-11-20-16(21-14)8-4-3-5-9-16/h12-14H,3-11H2,1-2H3,(H,17,19)/t14-/m1/s1. The molecule has 0 unspecified atom stereocenters. The summed E-state index contributed by atoms with van der Waals surface area (Å²) in [6.07, 6.45) is 7.91. The number of hydrogen-bond acceptors (Lipinski definition) is 3. The summed E-state index contributed by atoms with van der Waals surface area (Å²) in [6, 6.07) is 0.735. The van der Waals surface area contributed by atoms with Gasteiger partial charge in [-0.1, -0.05) is 6.42 Å². The minimum atomic E-state index is -0.345. The van der Waals surface area contributed by atoms with E-state index in [1.165, 1.54) is 19.3 Å². The number of amides is 2. The number of nitrogens with zero attached hydrogens (tertiary/aromatic N) is 1. The van der Waals surface area contributed by atoms with Crippen molar-refractivity contribution in [2.24, 2.45) is 0 Å². The van der Waals surface area contributed by atoms with Crippen LogP contribution in [-0.2, 0) is 9.47 Å². The van der Waals surface area contributed by atoms with Gasteiger partial charge in [-0.25, -0.2) is 4.79 Å². The van der Waals surface area contributed by atoms with Crippen LogP contribution in [0.25, 0.3) is 0 Å². The SMILES string of the molecule is CC(C)N(C(=O)NC[C@@H]1COC2(CCCCC2)O1)C1CC1. The molecule has 2 amide bonds. The molecule has 1 heterocycles. The highest BCUT2D eigenvalue weighted by molar-refractivity contribution is 5.75. The smallest absolute Gasteiger partial charge is 0.317 e. The zero-order valence-corrected chi connectivity index (χ0v) is 13.3. The van der Waals surface area contributed by atoms with Crippen LogP contribution in [0.5, 0.6) is 0 Å². The molecule has 3 aliphatic rings. The van der Waals surface area contributed by atoms with Crippen LogP contribution in [0.2, 0.25) is 0 Å². The lowest BCUT2D eigenvalue weighted by atomic mass is 9.94. The summed E-state index contributed by atoms with van der Waals surface area (Å²) >= 11 is 0. The number of hydrogen-bond donors (Lipinski definition) is 1.